The van der Waals surface area contributed by atoms with E-state index in [4.69, 9.17) is 4.43 Å². The highest BCUT2D eigenvalue weighted by atomic mass is 28.4. The molecule has 0 saturated heterocycles. The molecule has 0 heterocycles. The zero-order chi connectivity index (χ0) is 18.5. The summed E-state index contributed by atoms with van der Waals surface area (Å²) in [6.45, 7) is 11.4. The molecule has 0 saturated carbocycles. The quantitative estimate of drug-likeness (QED) is 0.266. The van der Waals surface area contributed by atoms with Gasteiger partial charge in [-0.3, -0.25) is 0 Å². The van der Waals surface area contributed by atoms with Gasteiger partial charge in [-0.15, -0.1) is 0 Å². The standard InChI is InChI=1S/C24H26OSi/c1-24(2,3)26(4,5)25-20-14-15-22-19(16-20)13-12-18-11-10-17-8-6-7-9-21(17)23(18)22/h6-16H,1-5H3. The summed E-state index contributed by atoms with van der Waals surface area (Å²) >= 11 is 0. The number of fused-ring (bicyclic) bond motifs is 5. The van der Waals surface area contributed by atoms with Gasteiger partial charge in [-0.25, -0.2) is 0 Å². The average Bonchev–Trinajstić information content (AvgIpc) is 2.59. The van der Waals surface area contributed by atoms with Crippen LogP contribution in [0.3, 0.4) is 0 Å². The lowest BCUT2D eigenvalue weighted by molar-refractivity contribution is 0.493. The summed E-state index contributed by atoms with van der Waals surface area (Å²) in [5, 5.41) is 7.95. The highest BCUT2D eigenvalue weighted by Crippen LogP contribution is 2.39. The first-order chi connectivity index (χ1) is 12.3. The molecule has 0 unspecified atom stereocenters. The van der Waals surface area contributed by atoms with Crippen LogP contribution in [-0.2, 0) is 0 Å². The van der Waals surface area contributed by atoms with Crippen molar-refractivity contribution in [3.8, 4) is 5.75 Å². The fraction of sp³-hybridized carbons (Fsp3) is 0.250. The van der Waals surface area contributed by atoms with Gasteiger partial charge in [0, 0.05) is 0 Å². The molecule has 0 aliphatic rings. The van der Waals surface area contributed by atoms with E-state index < -0.39 is 8.32 Å². The van der Waals surface area contributed by atoms with Gasteiger partial charge in [0.2, 0.25) is 8.32 Å². The van der Waals surface area contributed by atoms with Crippen molar-refractivity contribution in [2.24, 2.45) is 0 Å². The van der Waals surface area contributed by atoms with Crippen LogP contribution in [-0.4, -0.2) is 8.32 Å². The second-order valence-electron chi connectivity index (χ2n) is 8.70. The lowest BCUT2D eigenvalue weighted by Gasteiger charge is -2.36. The van der Waals surface area contributed by atoms with E-state index in [1.54, 1.807) is 0 Å². The third-order valence-electron chi connectivity index (χ3n) is 5.88. The molecule has 0 bridgehead atoms. The summed E-state index contributed by atoms with van der Waals surface area (Å²) in [4.78, 5) is 0. The Kier molecular flexibility index (Phi) is 3.85. The van der Waals surface area contributed by atoms with Gasteiger partial charge in [-0.1, -0.05) is 75.4 Å². The first-order valence-corrected chi connectivity index (χ1v) is 12.2. The van der Waals surface area contributed by atoms with Crippen LogP contribution in [0.5, 0.6) is 5.75 Å². The summed E-state index contributed by atoms with van der Waals surface area (Å²) in [5.41, 5.74) is 0. The zero-order valence-corrected chi connectivity index (χ0v) is 17.3. The van der Waals surface area contributed by atoms with Crippen LogP contribution in [0.15, 0.2) is 66.7 Å². The van der Waals surface area contributed by atoms with Gasteiger partial charge in [0.25, 0.3) is 0 Å². The summed E-state index contributed by atoms with van der Waals surface area (Å²) in [5.74, 6) is 0.990. The highest BCUT2D eigenvalue weighted by Gasteiger charge is 2.38. The Morgan fingerprint density at radius 3 is 2.04 bits per heavy atom. The molecule has 0 fully saturated rings. The normalized spacial score (nSPS) is 12.8. The van der Waals surface area contributed by atoms with Crippen molar-refractivity contribution >= 4 is 40.6 Å². The summed E-state index contributed by atoms with van der Waals surface area (Å²) in [7, 11) is -1.83. The fourth-order valence-corrected chi connectivity index (χ4v) is 4.35. The second-order valence-corrected chi connectivity index (χ2v) is 13.4. The molecule has 1 nitrogen and oxygen atoms in total. The molecule has 0 N–H and O–H groups in total. The van der Waals surface area contributed by atoms with E-state index in [0.29, 0.717) is 0 Å². The summed E-state index contributed by atoms with van der Waals surface area (Å²) in [6, 6.07) is 24.1. The topological polar surface area (TPSA) is 9.23 Å². The minimum atomic E-state index is -1.83. The summed E-state index contributed by atoms with van der Waals surface area (Å²) in [6.07, 6.45) is 0. The van der Waals surface area contributed by atoms with Crippen molar-refractivity contribution in [2.45, 2.75) is 38.9 Å². The lowest BCUT2D eigenvalue weighted by atomic mass is 9.96. The second kappa shape index (κ2) is 5.85. The van der Waals surface area contributed by atoms with Crippen molar-refractivity contribution < 1.29 is 4.43 Å². The Labute approximate surface area is 156 Å². The van der Waals surface area contributed by atoms with Gasteiger partial charge in [-0.2, -0.15) is 0 Å². The fourth-order valence-electron chi connectivity index (χ4n) is 3.33. The van der Waals surface area contributed by atoms with E-state index in [9.17, 15) is 0 Å². The molecule has 0 atom stereocenters. The Hall–Kier alpha value is -2.32. The van der Waals surface area contributed by atoms with E-state index >= 15 is 0 Å². The molecule has 4 aromatic rings. The molecular formula is C24H26OSi. The number of hydrogen-bond acceptors (Lipinski definition) is 1. The molecule has 0 aromatic heterocycles. The van der Waals surface area contributed by atoms with Crippen molar-refractivity contribution in [3.63, 3.8) is 0 Å². The van der Waals surface area contributed by atoms with Gasteiger partial charge in [0.15, 0.2) is 0 Å². The number of hydrogen-bond donors (Lipinski definition) is 0. The average molecular weight is 359 g/mol. The van der Waals surface area contributed by atoms with Crippen LogP contribution in [0.1, 0.15) is 20.8 Å². The Bertz CT molecular complexity index is 1120. The van der Waals surface area contributed by atoms with Crippen molar-refractivity contribution in [3.05, 3.63) is 66.7 Å². The highest BCUT2D eigenvalue weighted by molar-refractivity contribution is 6.74. The SMILES string of the molecule is CC(C)(C)[Si](C)(C)Oc1ccc2c(ccc3ccc4ccccc4c32)c1. The molecule has 0 aliphatic heterocycles. The number of rotatable bonds is 2. The van der Waals surface area contributed by atoms with Crippen LogP contribution in [0.25, 0.3) is 32.3 Å². The van der Waals surface area contributed by atoms with Gasteiger partial charge >= 0.3 is 0 Å². The van der Waals surface area contributed by atoms with E-state index in [1.165, 1.54) is 32.3 Å². The molecule has 2 heteroatoms. The Morgan fingerprint density at radius 2 is 1.31 bits per heavy atom. The van der Waals surface area contributed by atoms with Gasteiger partial charge in [-0.05, 0) is 62.6 Å². The molecule has 26 heavy (non-hydrogen) atoms. The van der Waals surface area contributed by atoms with Crippen LogP contribution < -0.4 is 4.43 Å². The largest absolute Gasteiger partial charge is 0.543 e. The van der Waals surface area contributed by atoms with E-state index in [-0.39, 0.29) is 5.04 Å². The Morgan fingerprint density at radius 1 is 0.692 bits per heavy atom. The predicted molar refractivity (Wildman–Crippen MR) is 117 cm³/mol. The maximum absolute atomic E-state index is 6.51. The minimum absolute atomic E-state index is 0.196. The van der Waals surface area contributed by atoms with Gasteiger partial charge in [0.1, 0.15) is 5.75 Å². The monoisotopic (exact) mass is 358 g/mol. The molecule has 0 radical (unpaired) electrons. The van der Waals surface area contributed by atoms with Crippen molar-refractivity contribution in [2.75, 3.05) is 0 Å². The maximum atomic E-state index is 6.51. The molecule has 4 aromatic carbocycles. The van der Waals surface area contributed by atoms with Gasteiger partial charge < -0.3 is 4.43 Å². The van der Waals surface area contributed by atoms with E-state index in [0.717, 1.165) is 5.75 Å². The smallest absolute Gasteiger partial charge is 0.250 e. The van der Waals surface area contributed by atoms with Crippen molar-refractivity contribution in [1.29, 1.82) is 0 Å². The minimum Gasteiger partial charge on any atom is -0.543 e. The van der Waals surface area contributed by atoms with Crippen molar-refractivity contribution in [1.82, 2.24) is 0 Å². The maximum Gasteiger partial charge on any atom is 0.250 e. The first kappa shape index (κ1) is 17.1. The Balaban J connectivity index is 1.90. The first-order valence-electron chi connectivity index (χ1n) is 9.29. The van der Waals surface area contributed by atoms with E-state index in [1.807, 2.05) is 0 Å². The molecular weight excluding hydrogens is 332 g/mol. The molecule has 0 aliphatic carbocycles. The molecule has 4 rings (SSSR count). The van der Waals surface area contributed by atoms with Crippen LogP contribution in [0, 0.1) is 0 Å². The van der Waals surface area contributed by atoms with Crippen LogP contribution in [0.2, 0.25) is 18.1 Å². The lowest BCUT2D eigenvalue weighted by Crippen LogP contribution is -2.43. The summed E-state index contributed by atoms with van der Waals surface area (Å²) < 4.78 is 6.51. The molecule has 0 amide bonds. The van der Waals surface area contributed by atoms with Crippen LogP contribution >= 0.6 is 0 Å². The zero-order valence-electron chi connectivity index (χ0n) is 16.3. The van der Waals surface area contributed by atoms with Crippen LogP contribution in [0.4, 0.5) is 0 Å². The molecule has 0 spiro atoms. The van der Waals surface area contributed by atoms with E-state index in [2.05, 4.69) is 101 Å². The van der Waals surface area contributed by atoms with Gasteiger partial charge in [0.05, 0.1) is 0 Å². The predicted octanol–water partition coefficient (Wildman–Crippen LogP) is 7.53. The third-order valence-corrected chi connectivity index (χ3v) is 10.2. The number of benzene rings is 4. The molecule has 132 valence electrons. The third kappa shape index (κ3) is 2.79.